The highest BCUT2D eigenvalue weighted by Crippen LogP contribution is 2.47. The molecule has 1 N–H and O–H groups in total. The first-order chi connectivity index (χ1) is 12.5. The van der Waals surface area contributed by atoms with Crippen molar-refractivity contribution in [1.29, 1.82) is 0 Å². The van der Waals surface area contributed by atoms with Crippen LogP contribution in [0, 0.1) is 27.9 Å². The summed E-state index contributed by atoms with van der Waals surface area (Å²) in [4.78, 5) is 37.3. The van der Waals surface area contributed by atoms with Gasteiger partial charge in [-0.25, -0.2) is 0 Å². The first kappa shape index (κ1) is 17.0. The molecule has 4 bridgehead atoms. The first-order valence-corrected chi connectivity index (χ1v) is 9.31. The van der Waals surface area contributed by atoms with Crippen molar-refractivity contribution in [2.45, 2.75) is 38.1 Å². The van der Waals surface area contributed by atoms with Crippen molar-refractivity contribution in [3.8, 4) is 0 Å². The summed E-state index contributed by atoms with van der Waals surface area (Å²) in [6.45, 7) is 0.753. The van der Waals surface area contributed by atoms with Crippen LogP contribution in [0.25, 0.3) is 0 Å². The Morgan fingerprint density at radius 3 is 2.50 bits per heavy atom. The molecule has 2 saturated heterocycles. The number of nitrogens with one attached hydrogen (secondary N) is 1. The van der Waals surface area contributed by atoms with Crippen molar-refractivity contribution in [2.24, 2.45) is 17.8 Å². The maximum Gasteiger partial charge on any atom is 0.270 e. The lowest BCUT2D eigenvalue weighted by molar-refractivity contribution is -0.384. The van der Waals surface area contributed by atoms with Crippen LogP contribution in [0.3, 0.4) is 0 Å². The van der Waals surface area contributed by atoms with Gasteiger partial charge in [0.1, 0.15) is 0 Å². The third-order valence-electron chi connectivity index (χ3n) is 6.15. The molecule has 5 rings (SSSR count). The molecule has 4 aliphatic rings. The topological polar surface area (TPSA) is 92.6 Å². The highest BCUT2D eigenvalue weighted by Gasteiger charge is 2.43. The quantitative estimate of drug-likeness (QED) is 0.661. The van der Waals surface area contributed by atoms with Crippen LogP contribution in [-0.2, 0) is 4.79 Å². The monoisotopic (exact) mass is 357 g/mol. The smallest absolute Gasteiger partial charge is 0.270 e. The van der Waals surface area contributed by atoms with E-state index in [-0.39, 0.29) is 23.7 Å². The molecule has 0 aromatic heterocycles. The molecule has 0 spiro atoms. The number of hydrogen-bond donors (Lipinski definition) is 1. The van der Waals surface area contributed by atoms with Crippen LogP contribution in [0.15, 0.2) is 24.3 Å². The summed E-state index contributed by atoms with van der Waals surface area (Å²) in [5, 5.41) is 13.5. The van der Waals surface area contributed by atoms with E-state index >= 15 is 0 Å². The third-order valence-corrected chi connectivity index (χ3v) is 6.15. The van der Waals surface area contributed by atoms with Gasteiger partial charge in [0, 0.05) is 30.3 Å². The van der Waals surface area contributed by atoms with Gasteiger partial charge in [0.15, 0.2) is 0 Å². The van der Waals surface area contributed by atoms with Crippen molar-refractivity contribution in [2.75, 3.05) is 13.1 Å². The van der Waals surface area contributed by atoms with Gasteiger partial charge in [-0.1, -0.05) is 6.07 Å². The minimum atomic E-state index is -0.537. The fourth-order valence-electron chi connectivity index (χ4n) is 5.21. The predicted octanol–water partition coefficient (Wildman–Crippen LogP) is 2.36. The van der Waals surface area contributed by atoms with Crippen molar-refractivity contribution in [1.82, 2.24) is 10.2 Å². The average Bonchev–Trinajstić information content (AvgIpc) is 2.83. The van der Waals surface area contributed by atoms with Crippen LogP contribution < -0.4 is 5.32 Å². The van der Waals surface area contributed by atoms with E-state index in [1.807, 2.05) is 4.90 Å². The predicted molar refractivity (Wildman–Crippen MR) is 94.5 cm³/mol. The van der Waals surface area contributed by atoms with Crippen molar-refractivity contribution >= 4 is 17.5 Å². The summed E-state index contributed by atoms with van der Waals surface area (Å²) in [5.41, 5.74) is 0.0624. The van der Waals surface area contributed by atoms with Crippen LogP contribution in [0.5, 0.6) is 0 Å². The summed E-state index contributed by atoms with van der Waals surface area (Å²) >= 11 is 0. The number of rotatable bonds is 4. The Morgan fingerprint density at radius 1 is 1.12 bits per heavy atom. The van der Waals surface area contributed by atoms with Gasteiger partial charge in [-0.3, -0.25) is 19.7 Å². The molecule has 2 atom stereocenters. The minimum Gasteiger partial charge on any atom is -0.343 e. The molecular formula is C19H23N3O4. The largest absolute Gasteiger partial charge is 0.343 e. The standard InChI is InChI=1S/C19H23N3O4/c23-18(10-20-19(24)15-2-1-3-16(9-15)22(25)26)21-11-14-5-12-4-13(6-14)8-17(21)7-12/h1-3,9,12-14,17H,4-8,10-11H2,(H,20,24). The molecule has 1 aromatic rings. The Bertz CT molecular complexity index is 736. The van der Waals surface area contributed by atoms with E-state index in [0.29, 0.717) is 12.0 Å². The van der Waals surface area contributed by atoms with Crippen molar-refractivity contribution < 1.29 is 14.5 Å². The maximum absolute atomic E-state index is 12.7. The number of nitro groups is 1. The van der Waals surface area contributed by atoms with Crippen molar-refractivity contribution in [3.63, 3.8) is 0 Å². The van der Waals surface area contributed by atoms with E-state index in [9.17, 15) is 19.7 Å². The average molecular weight is 357 g/mol. The number of nitrogens with zero attached hydrogens (tertiary/aromatic N) is 2. The lowest BCUT2D eigenvalue weighted by atomic mass is 9.68. The van der Waals surface area contributed by atoms with Crippen LogP contribution in [0.1, 0.15) is 42.5 Å². The molecule has 2 aliphatic heterocycles. The summed E-state index contributed by atoms with van der Waals surface area (Å²) in [7, 11) is 0. The Morgan fingerprint density at radius 2 is 1.81 bits per heavy atom. The van der Waals surface area contributed by atoms with Gasteiger partial charge >= 0.3 is 0 Å². The van der Waals surface area contributed by atoms with Gasteiger partial charge in [-0.05, 0) is 55.9 Å². The number of carbonyl (C=O) groups is 2. The van der Waals surface area contributed by atoms with Gasteiger partial charge in [0.25, 0.3) is 11.6 Å². The molecule has 2 heterocycles. The molecule has 4 fully saturated rings. The molecule has 7 nitrogen and oxygen atoms in total. The zero-order valence-electron chi connectivity index (χ0n) is 14.6. The van der Waals surface area contributed by atoms with Crippen LogP contribution in [0.4, 0.5) is 5.69 Å². The van der Waals surface area contributed by atoms with Crippen LogP contribution in [-0.4, -0.2) is 40.8 Å². The summed E-state index contributed by atoms with van der Waals surface area (Å²) in [5.74, 6) is 1.62. The highest BCUT2D eigenvalue weighted by atomic mass is 16.6. The zero-order valence-corrected chi connectivity index (χ0v) is 14.6. The van der Waals surface area contributed by atoms with E-state index < -0.39 is 10.8 Å². The lowest BCUT2D eigenvalue weighted by Crippen LogP contribution is -2.46. The summed E-state index contributed by atoms with van der Waals surface area (Å²) < 4.78 is 0. The van der Waals surface area contributed by atoms with E-state index in [1.54, 1.807) is 0 Å². The Hall–Kier alpha value is -2.44. The number of carbonyl (C=O) groups excluding carboxylic acids is 2. The fourth-order valence-corrected chi connectivity index (χ4v) is 5.21. The second-order valence-electron chi connectivity index (χ2n) is 7.97. The molecule has 0 radical (unpaired) electrons. The SMILES string of the molecule is O=C(NCC(=O)N1CC2CC3CC(C2)CC1C3)c1cccc([N+](=O)[O-])c1. The Labute approximate surface area is 151 Å². The van der Waals surface area contributed by atoms with Crippen molar-refractivity contribution in [3.05, 3.63) is 39.9 Å². The van der Waals surface area contributed by atoms with Gasteiger partial charge in [-0.15, -0.1) is 0 Å². The van der Waals surface area contributed by atoms with Crippen LogP contribution in [0.2, 0.25) is 0 Å². The molecule has 7 heteroatoms. The minimum absolute atomic E-state index is 0.0398. The Kier molecular flexibility index (Phi) is 4.38. The van der Waals surface area contributed by atoms with Gasteiger partial charge in [0.05, 0.1) is 11.5 Å². The summed E-state index contributed by atoms with van der Waals surface area (Å²) in [6.07, 6.45) is 5.97. The number of benzene rings is 1. The van der Waals surface area contributed by atoms with Gasteiger partial charge in [-0.2, -0.15) is 0 Å². The molecule has 2 aliphatic carbocycles. The lowest BCUT2D eigenvalue weighted by Gasteiger charge is -2.39. The number of non-ortho nitro benzene ring substituents is 1. The second kappa shape index (κ2) is 6.70. The van der Waals surface area contributed by atoms with Gasteiger partial charge in [0.2, 0.25) is 5.91 Å². The highest BCUT2D eigenvalue weighted by molar-refractivity contribution is 5.97. The second-order valence-corrected chi connectivity index (χ2v) is 7.97. The molecule has 138 valence electrons. The third kappa shape index (κ3) is 3.30. The molecule has 1 aromatic carbocycles. The number of fused-ring (bicyclic) bond motifs is 1. The molecule has 2 amide bonds. The number of amides is 2. The maximum atomic E-state index is 12.7. The molecular weight excluding hydrogens is 334 g/mol. The van der Waals surface area contributed by atoms with E-state index in [1.165, 1.54) is 43.5 Å². The van der Waals surface area contributed by atoms with E-state index in [0.717, 1.165) is 31.2 Å². The molecule has 2 saturated carbocycles. The van der Waals surface area contributed by atoms with Crippen LogP contribution >= 0.6 is 0 Å². The zero-order chi connectivity index (χ0) is 18.3. The van der Waals surface area contributed by atoms with Gasteiger partial charge < -0.3 is 10.2 Å². The molecule has 26 heavy (non-hydrogen) atoms. The number of hydrogen-bond acceptors (Lipinski definition) is 4. The van der Waals surface area contributed by atoms with E-state index in [4.69, 9.17) is 0 Å². The number of nitro benzene ring substituents is 1. The Balaban J connectivity index is 1.39. The normalized spacial score (nSPS) is 29.3. The summed E-state index contributed by atoms with van der Waals surface area (Å²) in [6, 6.07) is 5.86. The first-order valence-electron chi connectivity index (χ1n) is 9.31. The fraction of sp³-hybridized carbons (Fsp3) is 0.579. The molecule has 2 unspecified atom stereocenters. The van der Waals surface area contributed by atoms with E-state index in [2.05, 4.69) is 5.32 Å².